The van der Waals surface area contributed by atoms with Gasteiger partial charge in [0.1, 0.15) is 18.5 Å². The van der Waals surface area contributed by atoms with Crippen LogP contribution in [0.4, 0.5) is 28.9 Å². The van der Waals surface area contributed by atoms with Crippen LogP contribution in [0.1, 0.15) is 29.4 Å². The lowest BCUT2D eigenvalue weighted by Crippen LogP contribution is -2.49. The van der Waals surface area contributed by atoms with E-state index in [9.17, 15) is 23.1 Å². The van der Waals surface area contributed by atoms with Crippen molar-refractivity contribution in [2.75, 3.05) is 51.0 Å². The molecule has 12 heteroatoms. The van der Waals surface area contributed by atoms with E-state index in [0.29, 0.717) is 53.1 Å². The van der Waals surface area contributed by atoms with E-state index in [0.717, 1.165) is 4.57 Å². The predicted octanol–water partition coefficient (Wildman–Crippen LogP) is 4.67. The second-order valence-corrected chi connectivity index (χ2v) is 10.2. The van der Waals surface area contributed by atoms with E-state index in [-0.39, 0.29) is 18.8 Å². The lowest BCUT2D eigenvalue weighted by Gasteiger charge is -2.36. The molecule has 1 aromatic heterocycles. The Kier molecular flexibility index (Phi) is 9.85. The van der Waals surface area contributed by atoms with E-state index in [4.69, 9.17) is 9.47 Å². The van der Waals surface area contributed by atoms with Gasteiger partial charge in [-0.2, -0.15) is 13.2 Å². The summed E-state index contributed by atoms with van der Waals surface area (Å²) in [4.78, 5) is 13.6. The Labute approximate surface area is 241 Å². The summed E-state index contributed by atoms with van der Waals surface area (Å²) < 4.78 is 66.9. The fraction of sp³-hybridized carbons (Fsp3) is 0.433. The van der Waals surface area contributed by atoms with Crippen molar-refractivity contribution in [3.8, 4) is 17.6 Å². The Morgan fingerprint density at radius 3 is 2.64 bits per heavy atom. The molecule has 0 amide bonds. The number of likely N-dealkylation sites (tertiary alicyclic amines) is 1. The Morgan fingerprint density at radius 2 is 1.98 bits per heavy atom. The van der Waals surface area contributed by atoms with E-state index in [1.165, 1.54) is 20.3 Å². The first-order valence-corrected chi connectivity index (χ1v) is 13.5. The minimum absolute atomic E-state index is 0.0845. The van der Waals surface area contributed by atoms with Crippen molar-refractivity contribution in [1.29, 1.82) is 0 Å². The van der Waals surface area contributed by atoms with Crippen LogP contribution in [0.2, 0.25) is 0 Å². The van der Waals surface area contributed by atoms with Gasteiger partial charge in [-0.3, -0.25) is 4.90 Å². The summed E-state index contributed by atoms with van der Waals surface area (Å²) in [6, 6.07) is 10.7. The highest BCUT2D eigenvalue weighted by Crippen LogP contribution is 2.32. The summed E-state index contributed by atoms with van der Waals surface area (Å²) in [5.41, 5.74) is 1.87. The number of nitrogens with zero attached hydrogens (tertiary/aromatic N) is 2. The van der Waals surface area contributed by atoms with Crippen LogP contribution in [0.25, 0.3) is 10.9 Å². The van der Waals surface area contributed by atoms with Gasteiger partial charge in [0.2, 0.25) is 0 Å². The minimum atomic E-state index is -4.49. The van der Waals surface area contributed by atoms with Crippen LogP contribution in [0.5, 0.6) is 5.75 Å². The number of aromatic nitrogens is 1. The molecule has 1 saturated heterocycles. The van der Waals surface area contributed by atoms with E-state index >= 15 is 4.39 Å². The molecule has 4 rings (SSSR count). The molecule has 0 unspecified atom stereocenters. The average molecular weight is 591 g/mol. The number of β-amino-alcohol motifs (C(OH)–C–C–N with tert-alkyl or cyclic N) is 1. The number of hydrogen-bond donors (Lipinski definition) is 3. The molecule has 0 spiro atoms. The molecule has 226 valence electrons. The lowest BCUT2D eigenvalue weighted by atomic mass is 10.0. The van der Waals surface area contributed by atoms with Crippen molar-refractivity contribution < 1.29 is 36.9 Å². The molecule has 0 saturated carbocycles. The average Bonchev–Trinajstić information content (AvgIpc) is 3.28. The van der Waals surface area contributed by atoms with Crippen LogP contribution in [-0.2, 0) is 11.3 Å². The number of benzene rings is 2. The summed E-state index contributed by atoms with van der Waals surface area (Å²) >= 11 is 0. The van der Waals surface area contributed by atoms with Gasteiger partial charge in [0.25, 0.3) is 0 Å². The lowest BCUT2D eigenvalue weighted by molar-refractivity contribution is -0.140. The Hall–Kier alpha value is -3.95. The number of aliphatic hydroxyl groups excluding tert-OH is 1. The van der Waals surface area contributed by atoms with Gasteiger partial charge in [-0.25, -0.2) is 9.18 Å². The molecule has 2 aromatic carbocycles. The number of methoxy groups -OCH3 is 2. The fourth-order valence-corrected chi connectivity index (χ4v) is 5.09. The number of anilines is 2. The first kappa shape index (κ1) is 31.0. The topological polar surface area (TPSA) is 88.0 Å². The Bertz CT molecular complexity index is 1460. The second-order valence-electron chi connectivity index (χ2n) is 10.2. The standard InChI is InChI=1S/C30H34F4N4O4/c1-19(39)16-37-13-11-25(23(31)17-37)36-24-7-4-8-27-22(24)15-21(38(27)18-30(32,33)34)6-5-12-35-26-10-9-20(29(40)42-3)14-28(26)41-2/h4,7-10,14-15,19,23,25,35-36,39H,11-13,16-18H2,1-3H3/t19-,23+,25-/m1/s1. The number of piperidine rings is 1. The SMILES string of the molecule is COC(=O)c1ccc(NCC#Cc2cc3c(N[C@@H]4CCN(C[C@@H](C)O)C[C@@H]4F)cccc3n2CC(F)(F)F)c(OC)c1. The van der Waals surface area contributed by atoms with Crippen LogP contribution in [0, 0.1) is 11.8 Å². The number of esters is 1. The highest BCUT2D eigenvalue weighted by Gasteiger charge is 2.32. The van der Waals surface area contributed by atoms with Crippen LogP contribution in [0.3, 0.4) is 0 Å². The number of carbonyl (C=O) groups is 1. The highest BCUT2D eigenvalue weighted by atomic mass is 19.4. The number of halogens is 4. The molecule has 1 aliphatic rings. The summed E-state index contributed by atoms with van der Waals surface area (Å²) in [5, 5.41) is 16.4. The molecule has 3 aromatic rings. The van der Waals surface area contributed by atoms with Gasteiger partial charge in [-0.1, -0.05) is 12.0 Å². The van der Waals surface area contributed by atoms with Crippen molar-refractivity contribution >= 4 is 28.2 Å². The van der Waals surface area contributed by atoms with Crippen LogP contribution < -0.4 is 15.4 Å². The van der Waals surface area contributed by atoms with Gasteiger partial charge in [0, 0.05) is 30.7 Å². The third-order valence-electron chi connectivity index (χ3n) is 6.98. The van der Waals surface area contributed by atoms with Gasteiger partial charge in [-0.05, 0) is 55.7 Å². The largest absolute Gasteiger partial charge is 0.495 e. The molecule has 3 atom stereocenters. The van der Waals surface area contributed by atoms with Crippen molar-refractivity contribution in [3.63, 3.8) is 0 Å². The maximum Gasteiger partial charge on any atom is 0.406 e. The van der Waals surface area contributed by atoms with E-state index in [1.807, 2.05) is 4.90 Å². The van der Waals surface area contributed by atoms with Crippen molar-refractivity contribution in [2.24, 2.45) is 0 Å². The van der Waals surface area contributed by atoms with Crippen LogP contribution in [-0.4, -0.2) is 85.4 Å². The normalized spacial score (nSPS) is 18.2. The quantitative estimate of drug-likeness (QED) is 0.190. The monoisotopic (exact) mass is 590 g/mol. The van der Waals surface area contributed by atoms with E-state index in [1.54, 1.807) is 43.3 Å². The molecule has 0 bridgehead atoms. The zero-order chi connectivity index (χ0) is 30.4. The number of aliphatic hydroxyl groups is 1. The molecule has 42 heavy (non-hydrogen) atoms. The number of alkyl halides is 4. The molecule has 2 heterocycles. The fourth-order valence-electron chi connectivity index (χ4n) is 5.09. The van der Waals surface area contributed by atoms with Gasteiger partial charge >= 0.3 is 12.1 Å². The number of ether oxygens (including phenoxy) is 2. The highest BCUT2D eigenvalue weighted by molar-refractivity contribution is 5.94. The Morgan fingerprint density at radius 1 is 1.19 bits per heavy atom. The predicted molar refractivity (Wildman–Crippen MR) is 153 cm³/mol. The minimum Gasteiger partial charge on any atom is -0.495 e. The third kappa shape index (κ3) is 7.66. The van der Waals surface area contributed by atoms with Crippen molar-refractivity contribution in [1.82, 2.24) is 9.47 Å². The molecular formula is C30H34F4N4O4. The summed E-state index contributed by atoms with van der Waals surface area (Å²) in [7, 11) is 2.72. The zero-order valence-corrected chi connectivity index (χ0v) is 23.6. The molecular weight excluding hydrogens is 556 g/mol. The summed E-state index contributed by atoms with van der Waals surface area (Å²) in [5.74, 6) is 5.56. The van der Waals surface area contributed by atoms with Gasteiger partial charge in [0.05, 0.1) is 55.4 Å². The maximum atomic E-state index is 15.0. The Balaban J connectivity index is 1.56. The molecule has 3 N–H and O–H groups in total. The zero-order valence-electron chi connectivity index (χ0n) is 23.6. The van der Waals surface area contributed by atoms with E-state index < -0.39 is 37.0 Å². The number of nitrogens with one attached hydrogen (secondary N) is 2. The molecule has 8 nitrogen and oxygen atoms in total. The summed E-state index contributed by atoms with van der Waals surface area (Å²) in [6.45, 7) is 1.64. The first-order chi connectivity index (χ1) is 20.0. The third-order valence-corrected chi connectivity index (χ3v) is 6.98. The number of hydrogen-bond acceptors (Lipinski definition) is 7. The molecule has 1 fully saturated rings. The summed E-state index contributed by atoms with van der Waals surface area (Å²) in [6.07, 6.45) is -5.78. The second kappa shape index (κ2) is 13.4. The van der Waals surface area contributed by atoms with Gasteiger partial charge in [0.15, 0.2) is 0 Å². The molecule has 0 radical (unpaired) electrons. The van der Waals surface area contributed by atoms with Gasteiger partial charge in [-0.15, -0.1) is 0 Å². The van der Waals surface area contributed by atoms with Crippen molar-refractivity contribution in [2.45, 2.75) is 44.4 Å². The smallest absolute Gasteiger partial charge is 0.406 e. The molecule has 1 aliphatic heterocycles. The van der Waals surface area contributed by atoms with E-state index in [2.05, 4.69) is 22.5 Å². The maximum absolute atomic E-state index is 15.0. The van der Waals surface area contributed by atoms with Crippen LogP contribution in [0.15, 0.2) is 42.5 Å². The van der Waals surface area contributed by atoms with Gasteiger partial charge < -0.3 is 29.8 Å². The number of fused-ring (bicyclic) bond motifs is 1. The number of rotatable bonds is 9. The van der Waals surface area contributed by atoms with Crippen molar-refractivity contribution in [3.05, 3.63) is 53.7 Å². The molecule has 0 aliphatic carbocycles. The number of carbonyl (C=O) groups excluding carboxylic acids is 1. The van der Waals surface area contributed by atoms with Crippen LogP contribution >= 0.6 is 0 Å². The first-order valence-electron chi connectivity index (χ1n) is 13.5.